The number of carbonyl (C=O) groups excluding carboxylic acids is 1. The first-order valence-electron chi connectivity index (χ1n) is 6.52. The summed E-state index contributed by atoms with van der Waals surface area (Å²) in [5.41, 5.74) is 0.473. The van der Waals surface area contributed by atoms with Crippen molar-refractivity contribution in [3.8, 4) is 0 Å². The quantitative estimate of drug-likeness (QED) is 0.704. The molecular formula is C13H23NO2. The van der Waals surface area contributed by atoms with Gasteiger partial charge in [0.15, 0.2) is 0 Å². The van der Waals surface area contributed by atoms with E-state index in [1.807, 2.05) is 0 Å². The maximum absolute atomic E-state index is 11.6. The van der Waals surface area contributed by atoms with Crippen LogP contribution in [0.3, 0.4) is 0 Å². The molecule has 0 bridgehead atoms. The summed E-state index contributed by atoms with van der Waals surface area (Å²) < 4.78 is 4.86. The van der Waals surface area contributed by atoms with Crippen LogP contribution in [0.5, 0.6) is 0 Å². The number of esters is 1. The molecule has 0 amide bonds. The molecule has 1 N–H and O–H groups in total. The van der Waals surface area contributed by atoms with Crippen LogP contribution in [0.25, 0.3) is 0 Å². The van der Waals surface area contributed by atoms with Crippen LogP contribution in [0.15, 0.2) is 0 Å². The topological polar surface area (TPSA) is 38.3 Å². The summed E-state index contributed by atoms with van der Waals surface area (Å²) in [6, 6.07) is -0.0472. The molecule has 0 aliphatic heterocycles. The lowest BCUT2D eigenvalue weighted by molar-refractivity contribution is -0.144. The van der Waals surface area contributed by atoms with Gasteiger partial charge >= 0.3 is 5.97 Å². The maximum atomic E-state index is 11.6. The van der Waals surface area contributed by atoms with Crippen molar-refractivity contribution in [2.45, 2.75) is 51.5 Å². The first kappa shape index (κ1) is 11.9. The summed E-state index contributed by atoms with van der Waals surface area (Å²) >= 11 is 0. The van der Waals surface area contributed by atoms with Crippen molar-refractivity contribution in [1.82, 2.24) is 5.32 Å². The van der Waals surface area contributed by atoms with Crippen LogP contribution in [-0.2, 0) is 9.53 Å². The fourth-order valence-electron chi connectivity index (χ4n) is 2.66. The molecule has 2 fully saturated rings. The Bertz CT molecular complexity index is 251. The van der Waals surface area contributed by atoms with Crippen LogP contribution in [0.2, 0.25) is 0 Å². The van der Waals surface area contributed by atoms with Gasteiger partial charge in [0.1, 0.15) is 6.04 Å². The first-order chi connectivity index (χ1) is 7.71. The number of carbonyl (C=O) groups is 1. The summed E-state index contributed by atoms with van der Waals surface area (Å²) in [5, 5.41) is 3.45. The Morgan fingerprint density at radius 2 is 2.19 bits per heavy atom. The van der Waals surface area contributed by atoms with E-state index in [-0.39, 0.29) is 12.0 Å². The van der Waals surface area contributed by atoms with Crippen LogP contribution in [0, 0.1) is 11.3 Å². The average molecular weight is 225 g/mol. The fraction of sp³-hybridized carbons (Fsp3) is 0.923. The van der Waals surface area contributed by atoms with Gasteiger partial charge < -0.3 is 10.1 Å². The predicted octanol–water partition coefficient (Wildman–Crippen LogP) is 2.11. The maximum Gasteiger partial charge on any atom is 0.323 e. The number of nitrogens with one attached hydrogen (secondary N) is 1. The Morgan fingerprint density at radius 3 is 2.56 bits per heavy atom. The molecule has 2 rings (SSSR count). The molecular weight excluding hydrogens is 202 g/mol. The zero-order valence-corrected chi connectivity index (χ0v) is 10.4. The summed E-state index contributed by atoms with van der Waals surface area (Å²) in [7, 11) is 1.48. The Balaban J connectivity index is 1.83. The molecule has 3 heteroatoms. The number of rotatable bonds is 6. The van der Waals surface area contributed by atoms with Gasteiger partial charge in [0.05, 0.1) is 7.11 Å². The molecule has 0 radical (unpaired) electrons. The van der Waals surface area contributed by atoms with Crippen molar-refractivity contribution >= 4 is 5.97 Å². The van der Waals surface area contributed by atoms with E-state index in [1.54, 1.807) is 0 Å². The third kappa shape index (κ3) is 2.40. The standard InChI is InChI=1S/C13H23NO2/c1-3-13(7-4-8-13)9-14-11(10-5-6-10)12(15)16-2/h10-11,14H,3-9H2,1-2H3. The minimum atomic E-state index is -0.0759. The minimum Gasteiger partial charge on any atom is -0.468 e. The Labute approximate surface area is 97.9 Å². The van der Waals surface area contributed by atoms with Crippen LogP contribution < -0.4 is 5.32 Å². The predicted molar refractivity (Wildman–Crippen MR) is 63.1 cm³/mol. The van der Waals surface area contributed by atoms with Gasteiger partial charge in [-0.05, 0) is 43.4 Å². The van der Waals surface area contributed by atoms with Crippen molar-refractivity contribution in [2.24, 2.45) is 11.3 Å². The molecule has 2 saturated carbocycles. The number of ether oxygens (including phenoxy) is 1. The van der Waals surface area contributed by atoms with E-state index in [9.17, 15) is 4.79 Å². The molecule has 2 aliphatic rings. The summed E-state index contributed by atoms with van der Waals surface area (Å²) in [4.78, 5) is 11.6. The van der Waals surface area contributed by atoms with Gasteiger partial charge in [0.2, 0.25) is 0 Å². The van der Waals surface area contributed by atoms with Crippen LogP contribution in [0.1, 0.15) is 45.4 Å². The van der Waals surface area contributed by atoms with Crippen molar-refractivity contribution in [3.63, 3.8) is 0 Å². The molecule has 0 aromatic heterocycles. The second-order valence-electron chi connectivity index (χ2n) is 5.43. The molecule has 92 valence electrons. The highest BCUT2D eigenvalue weighted by molar-refractivity contribution is 5.76. The molecule has 3 nitrogen and oxygen atoms in total. The number of hydrogen-bond donors (Lipinski definition) is 1. The molecule has 2 aliphatic carbocycles. The van der Waals surface area contributed by atoms with Gasteiger partial charge in [-0.25, -0.2) is 0 Å². The van der Waals surface area contributed by atoms with E-state index < -0.39 is 0 Å². The molecule has 0 heterocycles. The van der Waals surface area contributed by atoms with Gasteiger partial charge in [-0.2, -0.15) is 0 Å². The Hall–Kier alpha value is -0.570. The lowest BCUT2D eigenvalue weighted by Gasteiger charge is -2.42. The molecule has 1 atom stereocenters. The summed E-state index contributed by atoms with van der Waals surface area (Å²) in [6.07, 6.45) is 7.54. The SMILES string of the molecule is CCC1(CNC(C(=O)OC)C2CC2)CCC1. The van der Waals surface area contributed by atoms with E-state index in [1.165, 1.54) is 45.6 Å². The van der Waals surface area contributed by atoms with Gasteiger partial charge in [-0.15, -0.1) is 0 Å². The van der Waals surface area contributed by atoms with E-state index in [0.29, 0.717) is 11.3 Å². The average Bonchev–Trinajstić information content (AvgIpc) is 3.05. The highest BCUT2D eigenvalue weighted by Crippen LogP contribution is 2.43. The lowest BCUT2D eigenvalue weighted by atomic mass is 9.67. The van der Waals surface area contributed by atoms with Crippen molar-refractivity contribution in [3.05, 3.63) is 0 Å². The monoisotopic (exact) mass is 225 g/mol. The molecule has 0 aromatic carbocycles. The lowest BCUT2D eigenvalue weighted by Crippen LogP contribution is -2.47. The van der Waals surface area contributed by atoms with Gasteiger partial charge in [0.25, 0.3) is 0 Å². The fourth-order valence-corrected chi connectivity index (χ4v) is 2.66. The zero-order valence-electron chi connectivity index (χ0n) is 10.4. The van der Waals surface area contributed by atoms with Crippen molar-refractivity contribution in [2.75, 3.05) is 13.7 Å². The van der Waals surface area contributed by atoms with Crippen LogP contribution in [-0.4, -0.2) is 25.7 Å². The zero-order chi connectivity index (χ0) is 11.6. The molecule has 16 heavy (non-hydrogen) atoms. The minimum absolute atomic E-state index is 0.0472. The van der Waals surface area contributed by atoms with Gasteiger partial charge in [-0.3, -0.25) is 4.79 Å². The number of methoxy groups -OCH3 is 1. The summed E-state index contributed by atoms with van der Waals surface area (Å²) in [6.45, 7) is 3.24. The normalized spacial score (nSPS) is 24.6. The highest BCUT2D eigenvalue weighted by Gasteiger charge is 2.40. The van der Waals surface area contributed by atoms with Crippen molar-refractivity contribution in [1.29, 1.82) is 0 Å². The molecule has 0 saturated heterocycles. The third-order valence-electron chi connectivity index (χ3n) is 4.41. The Morgan fingerprint density at radius 1 is 1.50 bits per heavy atom. The largest absolute Gasteiger partial charge is 0.468 e. The van der Waals surface area contributed by atoms with E-state index >= 15 is 0 Å². The second kappa shape index (κ2) is 4.74. The van der Waals surface area contributed by atoms with Crippen LogP contribution >= 0.6 is 0 Å². The van der Waals surface area contributed by atoms with Gasteiger partial charge in [-0.1, -0.05) is 13.3 Å². The van der Waals surface area contributed by atoms with Gasteiger partial charge in [0, 0.05) is 6.54 Å². The van der Waals surface area contributed by atoms with E-state index in [2.05, 4.69) is 12.2 Å². The molecule has 0 spiro atoms. The molecule has 0 aromatic rings. The Kier molecular flexibility index (Phi) is 3.53. The molecule has 1 unspecified atom stereocenters. The van der Waals surface area contributed by atoms with Crippen LogP contribution in [0.4, 0.5) is 0 Å². The first-order valence-corrected chi connectivity index (χ1v) is 6.52. The van der Waals surface area contributed by atoms with Crippen molar-refractivity contribution < 1.29 is 9.53 Å². The smallest absolute Gasteiger partial charge is 0.323 e. The second-order valence-corrected chi connectivity index (χ2v) is 5.43. The van der Waals surface area contributed by atoms with E-state index in [0.717, 1.165) is 6.54 Å². The highest BCUT2D eigenvalue weighted by atomic mass is 16.5. The third-order valence-corrected chi connectivity index (χ3v) is 4.41. The summed E-state index contributed by atoms with van der Waals surface area (Å²) in [5.74, 6) is 0.453. The van der Waals surface area contributed by atoms with E-state index in [4.69, 9.17) is 4.74 Å². The number of hydrogen-bond acceptors (Lipinski definition) is 3.